The third-order valence-corrected chi connectivity index (χ3v) is 5.86. The van der Waals surface area contributed by atoms with E-state index >= 15 is 0 Å². The van der Waals surface area contributed by atoms with Gasteiger partial charge >= 0.3 is 0 Å². The number of ether oxygens (including phenoxy) is 2. The molecular weight excluding hydrogens is 626 g/mol. The summed E-state index contributed by atoms with van der Waals surface area (Å²) in [7, 11) is 0. The van der Waals surface area contributed by atoms with Crippen LogP contribution in [0, 0.1) is 0 Å². The monoisotopic (exact) mass is 667 g/mol. The lowest BCUT2D eigenvalue weighted by Crippen LogP contribution is -2.27. The molecule has 0 aliphatic heterocycles. The minimum atomic E-state index is -0.139. The fraction of sp³-hybridized carbons (Fsp3) is 0.312. The Kier molecular flexibility index (Phi) is 17.5. The molecule has 0 saturated heterocycles. The number of carbonyl (C=O) groups is 1. The topological polar surface area (TPSA) is 143 Å². The van der Waals surface area contributed by atoms with Gasteiger partial charge in [0, 0.05) is 34.5 Å². The van der Waals surface area contributed by atoms with Crippen molar-refractivity contribution in [2.75, 3.05) is 55.5 Å². The van der Waals surface area contributed by atoms with Crippen molar-refractivity contribution in [1.29, 1.82) is 0 Å². The van der Waals surface area contributed by atoms with E-state index in [1.807, 2.05) is 70.2 Å². The third kappa shape index (κ3) is 13.8. The smallest absolute Gasteiger partial charge is 0.251 e. The Morgan fingerprint density at radius 1 is 0.682 bits per heavy atom. The van der Waals surface area contributed by atoms with Crippen molar-refractivity contribution in [1.82, 2.24) is 20.3 Å². The molecule has 0 atom stereocenters. The second kappa shape index (κ2) is 21.4. The van der Waals surface area contributed by atoms with E-state index in [1.54, 1.807) is 36.4 Å². The van der Waals surface area contributed by atoms with Gasteiger partial charge in [-0.1, -0.05) is 61.8 Å². The molecule has 12 heteroatoms. The molecule has 44 heavy (non-hydrogen) atoms. The van der Waals surface area contributed by atoms with Crippen LogP contribution < -0.4 is 21.3 Å². The molecule has 1 aromatic heterocycles. The Morgan fingerprint density at radius 3 is 1.80 bits per heavy atom. The summed E-state index contributed by atoms with van der Waals surface area (Å²) in [4.78, 5) is 25.4. The van der Waals surface area contributed by atoms with E-state index in [1.165, 1.54) is 0 Å². The summed E-state index contributed by atoms with van der Waals surface area (Å²) < 4.78 is 12.1. The Labute approximate surface area is 268 Å². The van der Waals surface area contributed by atoms with Gasteiger partial charge in [-0.05, 0) is 60.7 Å². The van der Waals surface area contributed by atoms with Crippen molar-refractivity contribution in [3.63, 3.8) is 0 Å². The quantitative estimate of drug-likeness (QED) is 0.0682. The normalized spacial score (nSPS) is 9.93. The largest absolute Gasteiger partial charge is 0.508 e. The highest BCUT2D eigenvalue weighted by Crippen LogP contribution is 2.20. The van der Waals surface area contributed by atoms with Crippen LogP contribution in [-0.2, 0) is 9.47 Å². The molecule has 4 rings (SSSR count). The first-order valence-electron chi connectivity index (χ1n) is 14.6. The minimum Gasteiger partial charge on any atom is -0.508 e. The highest BCUT2D eigenvalue weighted by atomic mass is 79.9. The van der Waals surface area contributed by atoms with Gasteiger partial charge in [-0.2, -0.15) is 15.0 Å². The number of amides is 1. The molecule has 0 aliphatic rings. The highest BCUT2D eigenvalue weighted by molar-refractivity contribution is 9.10. The van der Waals surface area contributed by atoms with Gasteiger partial charge in [-0.15, -0.1) is 0 Å². The second-order valence-electron chi connectivity index (χ2n) is 8.38. The predicted molar refractivity (Wildman–Crippen MR) is 180 cm³/mol. The zero-order valence-corrected chi connectivity index (χ0v) is 27.2. The number of phenolic OH excluding ortho intramolecular Hbond substituents is 1. The number of nitrogens with zero attached hydrogens (tertiary/aromatic N) is 3. The molecule has 236 valence electrons. The number of aromatic hydroxyl groups is 1. The standard InChI is InChI=1S/C28H30BrN7O4.2C2H6/c29-21-8-6-20(7-9-21)25(38)30-14-16-39-18-19-40-17-15-31-26-34-27(32-22-4-2-1-3-5-22)36-28(35-26)33-23-10-12-24(37)13-11-23;2*1-2/h1-13,37H,14-19H2,(H,30,38)(H3,31,32,33,34,35,36);2*1-2H3. The number of para-hydroxylation sites is 1. The number of nitrogens with one attached hydrogen (secondary N) is 4. The summed E-state index contributed by atoms with van der Waals surface area (Å²) in [6, 6.07) is 23.4. The highest BCUT2D eigenvalue weighted by Gasteiger charge is 2.08. The van der Waals surface area contributed by atoms with Crippen LogP contribution in [0.4, 0.5) is 29.2 Å². The SMILES string of the molecule is CC.CC.O=C(NCCOCCOCCNc1nc(Nc2ccccc2)nc(Nc2ccc(O)cc2)n1)c1ccc(Br)cc1. The number of rotatable bonds is 15. The van der Waals surface area contributed by atoms with Crippen LogP contribution in [0.2, 0.25) is 0 Å². The van der Waals surface area contributed by atoms with Crippen molar-refractivity contribution in [2.24, 2.45) is 0 Å². The zero-order valence-electron chi connectivity index (χ0n) is 25.6. The summed E-state index contributed by atoms with van der Waals surface area (Å²) in [5, 5.41) is 21.8. The molecule has 0 radical (unpaired) electrons. The number of hydrogen-bond acceptors (Lipinski definition) is 10. The van der Waals surface area contributed by atoms with E-state index in [0.29, 0.717) is 62.9 Å². The number of benzene rings is 3. The first-order valence-corrected chi connectivity index (χ1v) is 15.4. The van der Waals surface area contributed by atoms with E-state index in [4.69, 9.17) is 9.47 Å². The van der Waals surface area contributed by atoms with Gasteiger partial charge in [-0.25, -0.2) is 0 Å². The van der Waals surface area contributed by atoms with Crippen LogP contribution in [0.3, 0.4) is 0 Å². The molecule has 5 N–H and O–H groups in total. The molecule has 4 aromatic rings. The van der Waals surface area contributed by atoms with E-state index in [-0.39, 0.29) is 11.7 Å². The number of halogens is 1. The molecule has 0 unspecified atom stereocenters. The van der Waals surface area contributed by atoms with Crippen molar-refractivity contribution >= 4 is 51.1 Å². The van der Waals surface area contributed by atoms with Crippen LogP contribution in [0.5, 0.6) is 5.75 Å². The van der Waals surface area contributed by atoms with Gasteiger partial charge in [-0.3, -0.25) is 4.79 Å². The maximum atomic E-state index is 12.1. The molecule has 0 bridgehead atoms. The molecule has 11 nitrogen and oxygen atoms in total. The first kappa shape index (κ1) is 35.9. The number of phenols is 1. The molecule has 1 amide bonds. The van der Waals surface area contributed by atoms with Gasteiger partial charge < -0.3 is 35.8 Å². The maximum absolute atomic E-state index is 12.1. The Bertz CT molecular complexity index is 1350. The van der Waals surface area contributed by atoms with E-state index < -0.39 is 0 Å². The molecule has 0 aliphatic carbocycles. The average Bonchev–Trinajstić information content (AvgIpc) is 3.05. The van der Waals surface area contributed by atoms with Crippen LogP contribution >= 0.6 is 15.9 Å². The fourth-order valence-corrected chi connectivity index (χ4v) is 3.65. The summed E-state index contributed by atoms with van der Waals surface area (Å²) in [5.41, 5.74) is 2.16. The van der Waals surface area contributed by atoms with E-state index in [2.05, 4.69) is 52.1 Å². The Hall–Kier alpha value is -4.26. The van der Waals surface area contributed by atoms with E-state index in [0.717, 1.165) is 15.8 Å². The van der Waals surface area contributed by atoms with Gasteiger partial charge in [0.25, 0.3) is 5.91 Å². The molecule has 3 aromatic carbocycles. The van der Waals surface area contributed by atoms with Crippen molar-refractivity contribution < 1.29 is 19.4 Å². The summed E-state index contributed by atoms with van der Waals surface area (Å²) >= 11 is 3.35. The summed E-state index contributed by atoms with van der Waals surface area (Å²) in [6.07, 6.45) is 0. The third-order valence-electron chi connectivity index (χ3n) is 5.33. The second-order valence-corrected chi connectivity index (χ2v) is 9.30. The summed E-state index contributed by atoms with van der Waals surface area (Å²) in [5.74, 6) is 1.11. The van der Waals surface area contributed by atoms with Crippen molar-refractivity contribution in [3.8, 4) is 5.75 Å². The molecule has 0 spiro atoms. The van der Waals surface area contributed by atoms with Crippen LogP contribution in [-0.4, -0.2) is 65.5 Å². The number of anilines is 5. The van der Waals surface area contributed by atoms with Gasteiger partial charge in [0.1, 0.15) is 5.75 Å². The molecular formula is C32H42BrN7O4. The lowest BCUT2D eigenvalue weighted by molar-refractivity contribution is 0.0519. The van der Waals surface area contributed by atoms with Crippen molar-refractivity contribution in [3.05, 3.63) is 88.9 Å². The number of carbonyl (C=O) groups excluding carboxylic acids is 1. The zero-order chi connectivity index (χ0) is 32.0. The first-order chi connectivity index (χ1) is 21.5. The summed E-state index contributed by atoms with van der Waals surface area (Å²) in [6.45, 7) is 10.5. The van der Waals surface area contributed by atoms with Crippen LogP contribution in [0.1, 0.15) is 38.1 Å². The van der Waals surface area contributed by atoms with Gasteiger partial charge in [0.15, 0.2) is 0 Å². The van der Waals surface area contributed by atoms with Crippen molar-refractivity contribution in [2.45, 2.75) is 27.7 Å². The lowest BCUT2D eigenvalue weighted by atomic mass is 10.2. The van der Waals surface area contributed by atoms with Crippen LogP contribution in [0.25, 0.3) is 0 Å². The Morgan fingerprint density at radius 2 is 1.20 bits per heavy atom. The lowest BCUT2D eigenvalue weighted by Gasteiger charge is -2.12. The average molecular weight is 669 g/mol. The molecule has 1 heterocycles. The Balaban J connectivity index is 0.00000162. The van der Waals surface area contributed by atoms with Gasteiger partial charge in [0.05, 0.1) is 26.4 Å². The van der Waals surface area contributed by atoms with E-state index in [9.17, 15) is 9.90 Å². The number of aromatic nitrogens is 3. The number of hydrogen-bond donors (Lipinski definition) is 5. The maximum Gasteiger partial charge on any atom is 0.251 e. The van der Waals surface area contributed by atoms with Gasteiger partial charge in [0.2, 0.25) is 17.8 Å². The molecule has 0 saturated carbocycles. The molecule has 0 fully saturated rings. The van der Waals surface area contributed by atoms with Crippen LogP contribution in [0.15, 0.2) is 83.3 Å². The minimum absolute atomic E-state index is 0.139. The fourth-order valence-electron chi connectivity index (χ4n) is 3.39. The predicted octanol–water partition coefficient (Wildman–Crippen LogP) is 6.75.